The van der Waals surface area contributed by atoms with Crippen molar-refractivity contribution >= 4 is 5.97 Å². The van der Waals surface area contributed by atoms with Crippen molar-refractivity contribution in [3.63, 3.8) is 0 Å². The average molecular weight is 316 g/mol. The summed E-state index contributed by atoms with van der Waals surface area (Å²) in [5, 5.41) is 0. The largest absolute Gasteiger partial charge is 0.469 e. The number of hydrogen-bond acceptors (Lipinski definition) is 2. The van der Waals surface area contributed by atoms with Crippen LogP contribution in [0.25, 0.3) is 0 Å². The van der Waals surface area contributed by atoms with Gasteiger partial charge in [0.25, 0.3) is 0 Å². The highest BCUT2D eigenvalue weighted by Crippen LogP contribution is 2.38. The van der Waals surface area contributed by atoms with E-state index in [2.05, 4.69) is 31.2 Å². The summed E-state index contributed by atoms with van der Waals surface area (Å²) >= 11 is 0. The zero-order chi connectivity index (χ0) is 16.7. The van der Waals surface area contributed by atoms with Gasteiger partial charge in [-0.3, -0.25) is 4.79 Å². The van der Waals surface area contributed by atoms with Crippen LogP contribution in [-0.4, -0.2) is 13.1 Å². The SMILES string of the molecule is CCCCCC1CCC(c2ccc(C(C)C(=O)OC)cc2)CC1. The fourth-order valence-electron chi connectivity index (χ4n) is 3.84. The van der Waals surface area contributed by atoms with Gasteiger partial charge in [0.15, 0.2) is 0 Å². The van der Waals surface area contributed by atoms with Crippen molar-refractivity contribution in [2.24, 2.45) is 5.92 Å². The molecule has 0 amide bonds. The molecule has 0 bridgehead atoms. The van der Waals surface area contributed by atoms with Gasteiger partial charge in [-0.2, -0.15) is 0 Å². The Morgan fingerprint density at radius 2 is 1.78 bits per heavy atom. The van der Waals surface area contributed by atoms with Gasteiger partial charge in [-0.25, -0.2) is 0 Å². The van der Waals surface area contributed by atoms with E-state index in [0.29, 0.717) is 5.92 Å². The standard InChI is InChI=1S/C21H32O2/c1-4-5-6-7-17-8-10-19(11-9-17)20-14-12-18(13-15-20)16(2)21(22)23-3/h12-17,19H,4-11H2,1-3H3. The molecule has 2 nitrogen and oxygen atoms in total. The summed E-state index contributed by atoms with van der Waals surface area (Å²) in [6, 6.07) is 8.64. The number of hydrogen-bond donors (Lipinski definition) is 0. The molecule has 0 aliphatic heterocycles. The summed E-state index contributed by atoms with van der Waals surface area (Å²) in [7, 11) is 1.45. The molecule has 1 aliphatic carbocycles. The van der Waals surface area contributed by atoms with Gasteiger partial charge in [-0.1, -0.05) is 56.9 Å². The van der Waals surface area contributed by atoms with Crippen molar-refractivity contribution in [3.8, 4) is 0 Å². The van der Waals surface area contributed by atoms with Crippen LogP contribution in [0.1, 0.15) is 88.2 Å². The van der Waals surface area contributed by atoms with Gasteiger partial charge in [-0.05, 0) is 55.6 Å². The van der Waals surface area contributed by atoms with E-state index in [1.165, 1.54) is 64.0 Å². The van der Waals surface area contributed by atoms with Crippen molar-refractivity contribution in [2.75, 3.05) is 7.11 Å². The molecule has 0 heterocycles. The molecule has 1 atom stereocenters. The minimum absolute atomic E-state index is 0.162. The second-order valence-electron chi connectivity index (χ2n) is 7.12. The normalized spacial score (nSPS) is 22.6. The lowest BCUT2D eigenvalue weighted by atomic mass is 9.77. The molecule has 0 spiro atoms. The minimum Gasteiger partial charge on any atom is -0.469 e. The predicted octanol–water partition coefficient (Wildman–Crippen LogP) is 5.82. The Balaban J connectivity index is 1.85. The van der Waals surface area contributed by atoms with E-state index in [4.69, 9.17) is 4.74 Å². The van der Waals surface area contributed by atoms with Gasteiger partial charge in [0.1, 0.15) is 0 Å². The van der Waals surface area contributed by atoms with Crippen LogP contribution in [0.15, 0.2) is 24.3 Å². The van der Waals surface area contributed by atoms with Crippen LogP contribution in [0.3, 0.4) is 0 Å². The molecule has 2 rings (SSSR count). The Morgan fingerprint density at radius 3 is 2.35 bits per heavy atom. The van der Waals surface area contributed by atoms with Crippen molar-refractivity contribution < 1.29 is 9.53 Å². The summed E-state index contributed by atoms with van der Waals surface area (Å²) in [4.78, 5) is 11.6. The Hall–Kier alpha value is -1.31. The van der Waals surface area contributed by atoms with Crippen LogP contribution in [0.5, 0.6) is 0 Å². The summed E-state index contributed by atoms with van der Waals surface area (Å²) in [6.45, 7) is 4.18. The second kappa shape index (κ2) is 9.10. The van der Waals surface area contributed by atoms with E-state index in [1.807, 2.05) is 6.92 Å². The van der Waals surface area contributed by atoms with Gasteiger partial charge in [-0.15, -0.1) is 0 Å². The first-order valence-electron chi connectivity index (χ1n) is 9.33. The van der Waals surface area contributed by atoms with E-state index < -0.39 is 0 Å². The van der Waals surface area contributed by atoms with E-state index >= 15 is 0 Å². The summed E-state index contributed by atoms with van der Waals surface area (Å²) < 4.78 is 4.83. The fourth-order valence-corrected chi connectivity index (χ4v) is 3.84. The van der Waals surface area contributed by atoms with Crippen LogP contribution in [0.2, 0.25) is 0 Å². The third-order valence-corrected chi connectivity index (χ3v) is 5.53. The minimum atomic E-state index is -0.177. The van der Waals surface area contributed by atoms with E-state index in [1.54, 1.807) is 0 Å². The summed E-state index contributed by atoms with van der Waals surface area (Å²) in [5.41, 5.74) is 2.49. The van der Waals surface area contributed by atoms with Gasteiger partial charge in [0, 0.05) is 0 Å². The van der Waals surface area contributed by atoms with Crippen molar-refractivity contribution in [2.45, 2.75) is 77.0 Å². The molecule has 128 valence electrons. The first kappa shape index (κ1) is 18.0. The van der Waals surface area contributed by atoms with Gasteiger partial charge in [0.05, 0.1) is 13.0 Å². The number of benzene rings is 1. The predicted molar refractivity (Wildman–Crippen MR) is 95.7 cm³/mol. The topological polar surface area (TPSA) is 26.3 Å². The molecule has 1 saturated carbocycles. The molecule has 1 fully saturated rings. The smallest absolute Gasteiger partial charge is 0.312 e. The number of carbonyl (C=O) groups excluding carboxylic acids is 1. The lowest BCUT2D eigenvalue weighted by Gasteiger charge is -2.29. The first-order valence-corrected chi connectivity index (χ1v) is 9.33. The first-order chi connectivity index (χ1) is 11.2. The number of unbranched alkanes of at least 4 members (excludes halogenated alkanes) is 2. The molecule has 0 saturated heterocycles. The highest BCUT2D eigenvalue weighted by atomic mass is 16.5. The molecule has 0 N–H and O–H groups in total. The molecule has 23 heavy (non-hydrogen) atoms. The maximum absolute atomic E-state index is 11.6. The lowest BCUT2D eigenvalue weighted by molar-refractivity contribution is -0.141. The van der Waals surface area contributed by atoms with Crippen molar-refractivity contribution in [3.05, 3.63) is 35.4 Å². The second-order valence-corrected chi connectivity index (χ2v) is 7.12. The van der Waals surface area contributed by atoms with Gasteiger partial charge in [0.2, 0.25) is 0 Å². The van der Waals surface area contributed by atoms with Crippen LogP contribution >= 0.6 is 0 Å². The molecule has 1 unspecified atom stereocenters. The summed E-state index contributed by atoms with van der Waals surface area (Å²) in [5.74, 6) is 1.32. The fraction of sp³-hybridized carbons (Fsp3) is 0.667. The number of rotatable bonds is 7. The average Bonchev–Trinajstić information content (AvgIpc) is 2.61. The van der Waals surface area contributed by atoms with E-state index in [0.717, 1.165) is 11.5 Å². The molecular weight excluding hydrogens is 284 g/mol. The Bertz CT molecular complexity index is 469. The number of ether oxygens (including phenoxy) is 1. The van der Waals surface area contributed by atoms with Crippen molar-refractivity contribution in [1.29, 1.82) is 0 Å². The number of esters is 1. The van der Waals surface area contributed by atoms with Gasteiger partial charge < -0.3 is 4.74 Å². The van der Waals surface area contributed by atoms with Crippen LogP contribution in [-0.2, 0) is 9.53 Å². The monoisotopic (exact) mass is 316 g/mol. The maximum Gasteiger partial charge on any atom is 0.312 e. The lowest BCUT2D eigenvalue weighted by Crippen LogP contribution is -2.14. The third kappa shape index (κ3) is 5.09. The number of methoxy groups -OCH3 is 1. The van der Waals surface area contributed by atoms with Crippen LogP contribution in [0.4, 0.5) is 0 Å². The maximum atomic E-state index is 11.6. The molecular formula is C21H32O2. The van der Waals surface area contributed by atoms with Crippen LogP contribution in [0, 0.1) is 5.92 Å². The van der Waals surface area contributed by atoms with Crippen LogP contribution < -0.4 is 0 Å². The zero-order valence-electron chi connectivity index (χ0n) is 15.0. The molecule has 2 heteroatoms. The zero-order valence-corrected chi connectivity index (χ0v) is 15.0. The Morgan fingerprint density at radius 1 is 1.13 bits per heavy atom. The highest BCUT2D eigenvalue weighted by Gasteiger charge is 2.22. The van der Waals surface area contributed by atoms with E-state index in [9.17, 15) is 4.79 Å². The summed E-state index contributed by atoms with van der Waals surface area (Å²) in [6.07, 6.45) is 11.0. The van der Waals surface area contributed by atoms with Gasteiger partial charge >= 0.3 is 5.97 Å². The molecule has 0 aromatic heterocycles. The number of carbonyl (C=O) groups is 1. The van der Waals surface area contributed by atoms with E-state index in [-0.39, 0.29) is 11.9 Å². The molecule has 0 radical (unpaired) electrons. The molecule has 1 aromatic carbocycles. The Kier molecular flexibility index (Phi) is 7.14. The molecule has 1 aliphatic rings. The molecule has 1 aromatic rings. The van der Waals surface area contributed by atoms with Crippen molar-refractivity contribution in [1.82, 2.24) is 0 Å². The highest BCUT2D eigenvalue weighted by molar-refractivity contribution is 5.77. The quantitative estimate of drug-likeness (QED) is 0.468. The third-order valence-electron chi connectivity index (χ3n) is 5.53. The Labute approximate surface area is 141 Å².